The van der Waals surface area contributed by atoms with Crippen molar-refractivity contribution >= 4 is 11.8 Å². The van der Waals surface area contributed by atoms with Crippen molar-refractivity contribution in [3.63, 3.8) is 0 Å². The molecule has 0 radical (unpaired) electrons. The van der Waals surface area contributed by atoms with E-state index < -0.39 is 6.04 Å². The number of nitrogens with zero attached hydrogens (tertiary/aromatic N) is 4. The van der Waals surface area contributed by atoms with Gasteiger partial charge in [-0.2, -0.15) is 4.98 Å². The van der Waals surface area contributed by atoms with Gasteiger partial charge in [0.2, 0.25) is 17.6 Å². The van der Waals surface area contributed by atoms with Crippen molar-refractivity contribution in [2.75, 3.05) is 26.2 Å². The molecule has 1 aliphatic heterocycles. The van der Waals surface area contributed by atoms with Crippen molar-refractivity contribution in [1.29, 1.82) is 0 Å². The van der Waals surface area contributed by atoms with Crippen molar-refractivity contribution in [2.45, 2.75) is 25.9 Å². The molecule has 10 heteroatoms. The molecule has 9 nitrogen and oxygen atoms in total. The van der Waals surface area contributed by atoms with Crippen LogP contribution in [0.2, 0.25) is 0 Å². The van der Waals surface area contributed by atoms with Crippen LogP contribution in [0.4, 0.5) is 4.39 Å². The Morgan fingerprint density at radius 2 is 1.79 bits per heavy atom. The molecule has 0 bridgehead atoms. The van der Waals surface area contributed by atoms with Gasteiger partial charge in [-0.25, -0.2) is 4.39 Å². The highest BCUT2D eigenvalue weighted by Crippen LogP contribution is 2.23. The summed E-state index contributed by atoms with van der Waals surface area (Å²) in [7, 11) is 0. The van der Waals surface area contributed by atoms with Crippen LogP contribution in [0.5, 0.6) is 0 Å². The largest absolute Gasteiger partial charge is 0.459 e. The van der Waals surface area contributed by atoms with E-state index in [1.54, 1.807) is 41.5 Å². The van der Waals surface area contributed by atoms with Crippen LogP contribution in [-0.4, -0.2) is 64.0 Å². The van der Waals surface area contributed by atoms with Gasteiger partial charge < -0.3 is 19.2 Å². The first-order valence-electron chi connectivity index (χ1n) is 12.4. The third kappa shape index (κ3) is 5.97. The third-order valence-corrected chi connectivity index (χ3v) is 6.52. The monoisotopic (exact) mass is 517 g/mol. The number of piperazine rings is 1. The topological polar surface area (TPSA) is 105 Å². The standard InChI is InChI=1S/C28H28FN5O4/c1-19(35)30-24(17-22-5-2-3-6-23(22)29)28(36)34-14-12-33(13-15-34)18-20-8-10-21(11-9-20)26-31-27(38-32-26)25-7-4-16-37-25/h2-11,16,24H,12-15,17-18H2,1H3,(H,30,35)/t24-/m0/s1. The number of benzene rings is 2. The fourth-order valence-electron chi connectivity index (χ4n) is 4.53. The highest BCUT2D eigenvalue weighted by Gasteiger charge is 2.29. The molecule has 3 heterocycles. The Bertz CT molecular complexity index is 1380. The maximum atomic E-state index is 14.2. The number of hydrogen-bond donors (Lipinski definition) is 1. The molecule has 2 aromatic heterocycles. The first-order chi connectivity index (χ1) is 18.5. The van der Waals surface area contributed by atoms with Gasteiger partial charge in [0.25, 0.3) is 5.89 Å². The van der Waals surface area contributed by atoms with Crippen LogP contribution < -0.4 is 5.32 Å². The lowest BCUT2D eigenvalue weighted by molar-refractivity contribution is -0.137. The van der Waals surface area contributed by atoms with E-state index in [-0.39, 0.29) is 24.1 Å². The lowest BCUT2D eigenvalue weighted by Gasteiger charge is -2.36. The Kier molecular flexibility index (Phi) is 7.60. The molecule has 1 aliphatic rings. The van der Waals surface area contributed by atoms with Crippen LogP contribution in [0.1, 0.15) is 18.1 Å². The Labute approximate surface area is 219 Å². The van der Waals surface area contributed by atoms with E-state index in [2.05, 4.69) is 20.4 Å². The van der Waals surface area contributed by atoms with Crippen molar-refractivity contribution < 1.29 is 22.9 Å². The number of rotatable bonds is 8. The van der Waals surface area contributed by atoms with Crippen LogP contribution in [0.15, 0.2) is 75.9 Å². The summed E-state index contributed by atoms with van der Waals surface area (Å²) in [6.45, 7) is 4.54. The van der Waals surface area contributed by atoms with E-state index in [9.17, 15) is 14.0 Å². The van der Waals surface area contributed by atoms with Gasteiger partial charge in [-0.05, 0) is 29.3 Å². The van der Waals surface area contributed by atoms with Crippen LogP contribution in [0, 0.1) is 5.82 Å². The molecule has 1 saturated heterocycles. The molecule has 1 N–H and O–H groups in total. The summed E-state index contributed by atoms with van der Waals surface area (Å²) >= 11 is 0. The Hall–Kier alpha value is -4.31. The minimum Gasteiger partial charge on any atom is -0.459 e. The zero-order chi connectivity index (χ0) is 26.5. The fraction of sp³-hybridized carbons (Fsp3) is 0.286. The van der Waals surface area contributed by atoms with Gasteiger partial charge in [-0.1, -0.05) is 47.6 Å². The molecule has 0 spiro atoms. The van der Waals surface area contributed by atoms with Gasteiger partial charge >= 0.3 is 0 Å². The van der Waals surface area contributed by atoms with Gasteiger partial charge in [-0.3, -0.25) is 14.5 Å². The van der Waals surface area contributed by atoms with Crippen molar-refractivity contribution in [3.05, 3.63) is 83.9 Å². The molecule has 4 aromatic rings. The second-order valence-electron chi connectivity index (χ2n) is 9.25. The van der Waals surface area contributed by atoms with Crippen LogP contribution in [0.25, 0.3) is 23.0 Å². The Morgan fingerprint density at radius 1 is 1.03 bits per heavy atom. The molecular formula is C28H28FN5O4. The highest BCUT2D eigenvalue weighted by molar-refractivity contribution is 5.87. The second kappa shape index (κ2) is 11.4. The third-order valence-electron chi connectivity index (χ3n) is 6.52. The van der Waals surface area contributed by atoms with E-state index in [1.807, 2.05) is 24.3 Å². The minimum absolute atomic E-state index is 0.112. The zero-order valence-electron chi connectivity index (χ0n) is 21.0. The fourth-order valence-corrected chi connectivity index (χ4v) is 4.53. The van der Waals surface area contributed by atoms with Crippen molar-refractivity contribution in [1.82, 2.24) is 25.3 Å². The maximum absolute atomic E-state index is 14.2. The second-order valence-corrected chi connectivity index (χ2v) is 9.25. The van der Waals surface area contributed by atoms with Crippen molar-refractivity contribution in [3.8, 4) is 23.0 Å². The van der Waals surface area contributed by atoms with Crippen LogP contribution >= 0.6 is 0 Å². The van der Waals surface area contributed by atoms with Gasteiger partial charge in [0.05, 0.1) is 6.26 Å². The van der Waals surface area contributed by atoms with Gasteiger partial charge in [0, 0.05) is 51.6 Å². The van der Waals surface area contributed by atoms with Gasteiger partial charge in [-0.15, -0.1) is 0 Å². The molecule has 2 amide bonds. The van der Waals surface area contributed by atoms with E-state index in [0.717, 1.165) is 17.7 Å². The number of nitrogens with one attached hydrogen (secondary N) is 1. The zero-order valence-corrected chi connectivity index (χ0v) is 21.0. The molecule has 1 atom stereocenters. The lowest BCUT2D eigenvalue weighted by atomic mass is 10.0. The number of amides is 2. The normalized spacial score (nSPS) is 14.8. The molecule has 0 saturated carbocycles. The SMILES string of the molecule is CC(=O)N[C@@H](Cc1ccccc1F)C(=O)N1CCN(Cc2ccc(-c3noc(-c4ccco4)n3)cc2)CC1. The molecule has 0 aliphatic carbocycles. The summed E-state index contributed by atoms with van der Waals surface area (Å²) in [5.41, 5.74) is 2.36. The Balaban J connectivity index is 1.16. The van der Waals surface area contributed by atoms with E-state index in [0.29, 0.717) is 49.2 Å². The minimum atomic E-state index is -0.804. The average Bonchev–Trinajstić information content (AvgIpc) is 3.63. The van der Waals surface area contributed by atoms with Crippen LogP contribution in [-0.2, 0) is 22.6 Å². The first-order valence-corrected chi connectivity index (χ1v) is 12.4. The van der Waals surface area contributed by atoms with E-state index in [1.165, 1.54) is 13.0 Å². The predicted molar refractivity (Wildman–Crippen MR) is 137 cm³/mol. The summed E-state index contributed by atoms with van der Waals surface area (Å²) in [5.74, 6) is 0.439. The molecule has 5 rings (SSSR count). The summed E-state index contributed by atoms with van der Waals surface area (Å²) in [6.07, 6.45) is 1.66. The summed E-state index contributed by atoms with van der Waals surface area (Å²) in [5, 5.41) is 6.73. The smallest absolute Gasteiger partial charge is 0.293 e. The Morgan fingerprint density at radius 3 is 2.47 bits per heavy atom. The lowest BCUT2D eigenvalue weighted by Crippen LogP contribution is -2.55. The van der Waals surface area contributed by atoms with E-state index >= 15 is 0 Å². The number of furan rings is 1. The molecule has 2 aromatic carbocycles. The highest BCUT2D eigenvalue weighted by atomic mass is 19.1. The molecule has 1 fully saturated rings. The average molecular weight is 518 g/mol. The summed E-state index contributed by atoms with van der Waals surface area (Å²) in [4.78, 5) is 33.4. The molecule has 38 heavy (non-hydrogen) atoms. The predicted octanol–water partition coefficient (Wildman–Crippen LogP) is 3.53. The maximum Gasteiger partial charge on any atom is 0.293 e. The number of halogens is 1. The number of aromatic nitrogens is 2. The summed E-state index contributed by atoms with van der Waals surface area (Å²) < 4.78 is 24.8. The van der Waals surface area contributed by atoms with Gasteiger partial charge in [0.15, 0.2) is 5.76 Å². The number of carbonyl (C=O) groups is 2. The van der Waals surface area contributed by atoms with E-state index in [4.69, 9.17) is 8.94 Å². The molecular weight excluding hydrogens is 489 g/mol. The van der Waals surface area contributed by atoms with Crippen LogP contribution in [0.3, 0.4) is 0 Å². The van der Waals surface area contributed by atoms with Crippen molar-refractivity contribution in [2.24, 2.45) is 0 Å². The number of hydrogen-bond acceptors (Lipinski definition) is 7. The molecule has 0 unspecified atom stereocenters. The first kappa shape index (κ1) is 25.3. The van der Waals surface area contributed by atoms with Gasteiger partial charge in [0.1, 0.15) is 11.9 Å². The number of carbonyl (C=O) groups excluding carboxylic acids is 2. The summed E-state index contributed by atoms with van der Waals surface area (Å²) in [6, 6.07) is 17.0. The quantitative estimate of drug-likeness (QED) is 0.381. The molecule has 196 valence electrons.